The van der Waals surface area contributed by atoms with E-state index in [0.29, 0.717) is 12.0 Å². The summed E-state index contributed by atoms with van der Waals surface area (Å²) in [5, 5.41) is 0. The van der Waals surface area contributed by atoms with E-state index in [0.717, 1.165) is 62.4 Å². The summed E-state index contributed by atoms with van der Waals surface area (Å²) in [6.07, 6.45) is 4.43. The SMILES string of the molecule is CC(=O)N1CCC(N2CCC[C@@H](c3cccc(-c4cccc(F)c4)n3)C2)CC1. The van der Waals surface area contributed by atoms with E-state index in [4.69, 9.17) is 4.98 Å². The van der Waals surface area contributed by atoms with Gasteiger partial charge in [-0.15, -0.1) is 0 Å². The summed E-state index contributed by atoms with van der Waals surface area (Å²) in [7, 11) is 0. The molecule has 0 saturated carbocycles. The van der Waals surface area contributed by atoms with Gasteiger partial charge in [0.1, 0.15) is 5.82 Å². The Morgan fingerprint density at radius 1 is 1.07 bits per heavy atom. The Morgan fingerprint density at radius 3 is 2.61 bits per heavy atom. The molecule has 28 heavy (non-hydrogen) atoms. The maximum absolute atomic E-state index is 13.6. The van der Waals surface area contributed by atoms with E-state index in [1.807, 2.05) is 23.1 Å². The first-order valence-corrected chi connectivity index (χ1v) is 10.3. The second kappa shape index (κ2) is 8.39. The molecule has 2 aromatic rings. The highest BCUT2D eigenvalue weighted by Crippen LogP contribution is 2.30. The zero-order valence-corrected chi connectivity index (χ0v) is 16.5. The van der Waals surface area contributed by atoms with Gasteiger partial charge in [-0.3, -0.25) is 14.7 Å². The van der Waals surface area contributed by atoms with Crippen LogP contribution in [0.4, 0.5) is 4.39 Å². The number of benzene rings is 1. The summed E-state index contributed by atoms with van der Waals surface area (Å²) < 4.78 is 13.6. The maximum Gasteiger partial charge on any atom is 0.219 e. The van der Waals surface area contributed by atoms with Crippen LogP contribution in [0.2, 0.25) is 0 Å². The number of piperidine rings is 2. The molecule has 3 heterocycles. The molecule has 0 bridgehead atoms. The summed E-state index contributed by atoms with van der Waals surface area (Å²) in [5.74, 6) is 0.367. The van der Waals surface area contributed by atoms with Crippen LogP contribution in [0.3, 0.4) is 0 Å². The van der Waals surface area contributed by atoms with Crippen molar-refractivity contribution in [3.05, 3.63) is 54.0 Å². The minimum atomic E-state index is -0.231. The molecule has 2 saturated heterocycles. The largest absolute Gasteiger partial charge is 0.343 e. The van der Waals surface area contributed by atoms with E-state index in [2.05, 4.69) is 11.0 Å². The van der Waals surface area contributed by atoms with Gasteiger partial charge >= 0.3 is 0 Å². The van der Waals surface area contributed by atoms with E-state index in [1.54, 1.807) is 19.1 Å². The van der Waals surface area contributed by atoms with Gasteiger partial charge in [0, 0.05) is 49.8 Å². The molecule has 0 spiro atoms. The molecule has 4 rings (SSSR count). The molecule has 2 aliphatic rings. The van der Waals surface area contributed by atoms with Gasteiger partial charge in [0.2, 0.25) is 5.91 Å². The van der Waals surface area contributed by atoms with Gasteiger partial charge in [-0.1, -0.05) is 18.2 Å². The summed E-state index contributed by atoms with van der Waals surface area (Å²) in [5.41, 5.74) is 2.77. The molecule has 0 radical (unpaired) electrons. The van der Waals surface area contributed by atoms with Crippen LogP contribution >= 0.6 is 0 Å². The normalized spacial score (nSPS) is 21.6. The summed E-state index contributed by atoms with van der Waals surface area (Å²) >= 11 is 0. The third-order valence-electron chi connectivity index (χ3n) is 6.19. The predicted octanol–water partition coefficient (Wildman–Crippen LogP) is 4.08. The lowest BCUT2D eigenvalue weighted by Gasteiger charge is -2.42. The van der Waals surface area contributed by atoms with Crippen molar-refractivity contribution in [3.8, 4) is 11.3 Å². The van der Waals surface area contributed by atoms with Gasteiger partial charge in [-0.05, 0) is 56.5 Å². The number of hydrogen-bond donors (Lipinski definition) is 0. The lowest BCUT2D eigenvalue weighted by atomic mass is 9.91. The van der Waals surface area contributed by atoms with Gasteiger partial charge in [0.05, 0.1) is 5.69 Å². The molecule has 1 aromatic heterocycles. The molecule has 0 N–H and O–H groups in total. The standard InChI is InChI=1S/C23H28FN3O/c1-17(28)26-13-10-21(11-14-26)27-12-4-6-19(16-27)23-9-3-8-22(25-23)18-5-2-7-20(24)15-18/h2-3,5,7-9,15,19,21H,4,6,10-14,16H2,1H3/t19-/m1/s1. The van der Waals surface area contributed by atoms with Crippen LogP contribution in [0.15, 0.2) is 42.5 Å². The quantitative estimate of drug-likeness (QED) is 0.804. The van der Waals surface area contributed by atoms with Crippen LogP contribution in [0.5, 0.6) is 0 Å². The van der Waals surface area contributed by atoms with Gasteiger partial charge < -0.3 is 4.90 Å². The van der Waals surface area contributed by atoms with Crippen molar-refractivity contribution >= 4 is 5.91 Å². The van der Waals surface area contributed by atoms with E-state index < -0.39 is 0 Å². The van der Waals surface area contributed by atoms with Crippen LogP contribution in [0, 0.1) is 5.82 Å². The molecule has 0 unspecified atom stereocenters. The second-order valence-electron chi connectivity index (χ2n) is 8.03. The molecule has 148 valence electrons. The smallest absolute Gasteiger partial charge is 0.219 e. The van der Waals surface area contributed by atoms with Crippen LogP contribution in [-0.4, -0.2) is 52.9 Å². The van der Waals surface area contributed by atoms with Crippen molar-refractivity contribution in [2.45, 2.75) is 44.6 Å². The molecular weight excluding hydrogens is 353 g/mol. The Bertz CT molecular complexity index is 832. The molecule has 1 amide bonds. The average Bonchev–Trinajstić information content (AvgIpc) is 2.74. The molecule has 2 fully saturated rings. The number of pyridine rings is 1. The third-order valence-corrected chi connectivity index (χ3v) is 6.19. The number of hydrogen-bond acceptors (Lipinski definition) is 3. The zero-order chi connectivity index (χ0) is 19.5. The molecule has 0 aliphatic carbocycles. The first-order valence-electron chi connectivity index (χ1n) is 10.3. The van der Waals surface area contributed by atoms with Crippen LogP contribution in [0.1, 0.15) is 44.2 Å². The van der Waals surface area contributed by atoms with E-state index in [-0.39, 0.29) is 11.7 Å². The first-order chi connectivity index (χ1) is 13.6. The van der Waals surface area contributed by atoms with Crippen molar-refractivity contribution in [1.29, 1.82) is 0 Å². The lowest BCUT2D eigenvalue weighted by molar-refractivity contribution is -0.130. The highest BCUT2D eigenvalue weighted by molar-refractivity contribution is 5.73. The Balaban J connectivity index is 1.45. The average molecular weight is 381 g/mol. The Labute approximate surface area is 166 Å². The van der Waals surface area contributed by atoms with Crippen molar-refractivity contribution in [3.63, 3.8) is 0 Å². The zero-order valence-electron chi connectivity index (χ0n) is 16.5. The van der Waals surface area contributed by atoms with Gasteiger partial charge in [0.25, 0.3) is 0 Å². The van der Waals surface area contributed by atoms with Crippen molar-refractivity contribution in [1.82, 2.24) is 14.8 Å². The number of amides is 1. The third kappa shape index (κ3) is 4.25. The second-order valence-corrected chi connectivity index (χ2v) is 8.03. The minimum Gasteiger partial charge on any atom is -0.343 e. The van der Waals surface area contributed by atoms with E-state index in [9.17, 15) is 9.18 Å². The summed E-state index contributed by atoms with van der Waals surface area (Å²) in [4.78, 5) is 21.0. The highest BCUT2D eigenvalue weighted by atomic mass is 19.1. The number of aromatic nitrogens is 1. The number of halogens is 1. The molecule has 2 aliphatic heterocycles. The van der Waals surface area contributed by atoms with Crippen LogP contribution < -0.4 is 0 Å². The Hall–Kier alpha value is -2.27. The van der Waals surface area contributed by atoms with Crippen molar-refractivity contribution in [2.24, 2.45) is 0 Å². The molecule has 5 heteroatoms. The van der Waals surface area contributed by atoms with Crippen LogP contribution in [0.25, 0.3) is 11.3 Å². The fraction of sp³-hybridized carbons (Fsp3) is 0.478. The van der Waals surface area contributed by atoms with Gasteiger partial charge in [-0.25, -0.2) is 4.39 Å². The number of carbonyl (C=O) groups excluding carboxylic acids is 1. The summed E-state index contributed by atoms with van der Waals surface area (Å²) in [6, 6.07) is 13.3. The maximum atomic E-state index is 13.6. The van der Waals surface area contributed by atoms with Gasteiger partial charge in [0.15, 0.2) is 0 Å². The summed E-state index contributed by atoms with van der Waals surface area (Å²) in [6.45, 7) is 5.55. The Morgan fingerprint density at radius 2 is 1.86 bits per heavy atom. The lowest BCUT2D eigenvalue weighted by Crippen LogP contribution is -2.49. The molecule has 4 nitrogen and oxygen atoms in total. The Kier molecular flexibility index (Phi) is 5.72. The first kappa shape index (κ1) is 19.1. The topological polar surface area (TPSA) is 36.4 Å². The predicted molar refractivity (Wildman–Crippen MR) is 108 cm³/mol. The van der Waals surface area contributed by atoms with Crippen LogP contribution in [-0.2, 0) is 4.79 Å². The monoisotopic (exact) mass is 381 g/mol. The van der Waals surface area contributed by atoms with E-state index in [1.165, 1.54) is 12.5 Å². The van der Waals surface area contributed by atoms with Crippen molar-refractivity contribution < 1.29 is 9.18 Å². The minimum absolute atomic E-state index is 0.188. The number of likely N-dealkylation sites (tertiary alicyclic amines) is 2. The fourth-order valence-corrected chi connectivity index (χ4v) is 4.61. The molecule has 1 aromatic carbocycles. The van der Waals surface area contributed by atoms with Crippen molar-refractivity contribution in [2.75, 3.05) is 26.2 Å². The van der Waals surface area contributed by atoms with Gasteiger partial charge in [-0.2, -0.15) is 0 Å². The number of rotatable bonds is 3. The highest BCUT2D eigenvalue weighted by Gasteiger charge is 2.30. The van der Waals surface area contributed by atoms with E-state index >= 15 is 0 Å². The fourth-order valence-electron chi connectivity index (χ4n) is 4.61. The molecular formula is C23H28FN3O. The number of nitrogens with zero attached hydrogens (tertiary/aromatic N) is 3. The number of carbonyl (C=O) groups is 1. The molecule has 1 atom stereocenters.